The van der Waals surface area contributed by atoms with Gasteiger partial charge < -0.3 is 0 Å². The van der Waals surface area contributed by atoms with Gasteiger partial charge in [0.2, 0.25) is 0 Å². The summed E-state index contributed by atoms with van der Waals surface area (Å²) in [5.41, 5.74) is 0. The zero-order valence-corrected chi connectivity index (χ0v) is 6.81. The minimum absolute atomic E-state index is 0.363. The van der Waals surface area contributed by atoms with Crippen LogP contribution in [0.15, 0.2) is 0 Å². The third kappa shape index (κ3) is 158. The van der Waals surface area contributed by atoms with Gasteiger partial charge in [-0.05, 0) is 0 Å². The fraction of sp³-hybridized carbons (Fsp3) is 0.500. The quantitative estimate of drug-likeness (QED) is 0.558. The third-order valence-electron chi connectivity index (χ3n) is 0. The van der Waals surface area contributed by atoms with Crippen molar-refractivity contribution in [3.63, 3.8) is 0 Å². The van der Waals surface area contributed by atoms with Crippen LogP contribution in [-0.4, -0.2) is 0 Å². The van der Waals surface area contributed by atoms with E-state index in [4.69, 9.17) is 5.26 Å². The van der Waals surface area contributed by atoms with Gasteiger partial charge in [0, 0.05) is 6.92 Å². The molecule has 0 bridgehead atoms. The molecule has 4 heteroatoms. The molecular weight excluding hydrogens is 198 g/mol. The second kappa shape index (κ2) is 17.5. The number of nitriles is 1. The molecule has 0 aromatic heterocycles. The standard InChI is InChI=1S/C2H3N.Mo.2S/c1-2-3;;;/h1H3;;;. The summed E-state index contributed by atoms with van der Waals surface area (Å²) in [6.07, 6.45) is 0. The van der Waals surface area contributed by atoms with E-state index in [1.165, 1.54) is 6.92 Å². The van der Waals surface area contributed by atoms with E-state index in [0.29, 0.717) is 0 Å². The van der Waals surface area contributed by atoms with Crippen LogP contribution >= 0.6 is 19.6 Å². The summed E-state index contributed by atoms with van der Waals surface area (Å²) in [5, 5.41) is 7.32. The van der Waals surface area contributed by atoms with Crippen LogP contribution < -0.4 is 0 Å². The molecule has 0 N–H and O–H groups in total. The normalized spacial score (nSPS) is 3.33. The molecule has 1 nitrogen and oxygen atoms in total. The van der Waals surface area contributed by atoms with Gasteiger partial charge in [0.15, 0.2) is 0 Å². The molecule has 0 aliphatic carbocycles. The summed E-state index contributed by atoms with van der Waals surface area (Å²) in [6, 6.07) is 1.75. The van der Waals surface area contributed by atoms with Crippen molar-refractivity contribution in [1.82, 2.24) is 0 Å². The van der Waals surface area contributed by atoms with Crippen molar-refractivity contribution in [3.05, 3.63) is 0 Å². The molecular formula is C2H3MoNS2. The van der Waals surface area contributed by atoms with Crippen LogP contribution in [0.2, 0.25) is 0 Å². The van der Waals surface area contributed by atoms with E-state index in [1.54, 1.807) is 6.07 Å². The second-order valence-electron chi connectivity index (χ2n) is 0.292. The van der Waals surface area contributed by atoms with E-state index < -0.39 is 0 Å². The molecule has 0 aliphatic heterocycles. The van der Waals surface area contributed by atoms with Crippen molar-refractivity contribution < 1.29 is 14.9 Å². The summed E-state index contributed by atoms with van der Waals surface area (Å²) < 4.78 is 0. The molecule has 0 aliphatic rings. The van der Waals surface area contributed by atoms with Crippen molar-refractivity contribution in [2.45, 2.75) is 6.92 Å². The molecule has 0 heterocycles. The topological polar surface area (TPSA) is 23.8 Å². The van der Waals surface area contributed by atoms with Crippen LogP contribution in [-0.2, 0) is 14.9 Å². The van der Waals surface area contributed by atoms with Crippen LogP contribution in [0.1, 0.15) is 6.92 Å². The van der Waals surface area contributed by atoms with Crippen molar-refractivity contribution in [2.75, 3.05) is 0 Å². The summed E-state index contributed by atoms with van der Waals surface area (Å²) in [7, 11) is 8.68. The van der Waals surface area contributed by atoms with Crippen molar-refractivity contribution >= 4 is 19.6 Å². The van der Waals surface area contributed by atoms with Crippen LogP contribution in [0.5, 0.6) is 0 Å². The fourth-order valence-electron chi connectivity index (χ4n) is 0. The molecule has 0 atom stereocenters. The zero-order chi connectivity index (χ0) is 5.41. The predicted molar refractivity (Wildman–Crippen MR) is 26.5 cm³/mol. The zero-order valence-electron chi connectivity index (χ0n) is 3.17. The minimum atomic E-state index is -0.363. The third-order valence-corrected chi connectivity index (χ3v) is 0. The van der Waals surface area contributed by atoms with Crippen molar-refractivity contribution in [3.8, 4) is 6.07 Å². The van der Waals surface area contributed by atoms with E-state index in [-0.39, 0.29) is 14.9 Å². The van der Waals surface area contributed by atoms with Gasteiger partial charge in [-0.3, -0.25) is 0 Å². The number of hydrogen-bond donors (Lipinski definition) is 0. The molecule has 34 valence electrons. The molecule has 0 fully saturated rings. The molecule has 0 rings (SSSR count). The van der Waals surface area contributed by atoms with E-state index >= 15 is 0 Å². The number of hydrogen-bond acceptors (Lipinski definition) is 3. The van der Waals surface area contributed by atoms with Crippen LogP contribution in [0.25, 0.3) is 0 Å². The van der Waals surface area contributed by atoms with E-state index in [9.17, 15) is 0 Å². The first kappa shape index (κ1) is 9.79. The molecule has 0 saturated heterocycles. The van der Waals surface area contributed by atoms with Gasteiger partial charge in [-0.15, -0.1) is 0 Å². The first-order valence-electron chi connectivity index (χ1n) is 1.06. The molecule has 6 heavy (non-hydrogen) atoms. The first-order chi connectivity index (χ1) is 2.83. The molecule has 0 aromatic rings. The molecule has 0 amide bonds. The number of nitrogens with zero attached hydrogens (tertiary/aromatic N) is 1. The van der Waals surface area contributed by atoms with Crippen LogP contribution in [0.4, 0.5) is 0 Å². The predicted octanol–water partition coefficient (Wildman–Crippen LogP) is 1.82. The molecule has 0 aromatic carbocycles. The van der Waals surface area contributed by atoms with Crippen molar-refractivity contribution in [2.24, 2.45) is 0 Å². The second-order valence-corrected chi connectivity index (χ2v) is 3.85. The Bertz CT molecular complexity index is 78.0. The van der Waals surface area contributed by atoms with Crippen LogP contribution in [0, 0.1) is 11.3 Å². The van der Waals surface area contributed by atoms with Gasteiger partial charge in [0.25, 0.3) is 0 Å². The van der Waals surface area contributed by atoms with Crippen LogP contribution in [0.3, 0.4) is 0 Å². The molecule has 0 saturated carbocycles. The van der Waals surface area contributed by atoms with Crippen molar-refractivity contribution in [1.29, 1.82) is 5.26 Å². The Kier molecular flexibility index (Phi) is 28.5. The Morgan fingerprint density at radius 2 is 1.67 bits per heavy atom. The van der Waals surface area contributed by atoms with Gasteiger partial charge in [0.1, 0.15) is 0 Å². The Morgan fingerprint density at radius 3 is 1.67 bits per heavy atom. The van der Waals surface area contributed by atoms with E-state index in [1.807, 2.05) is 0 Å². The summed E-state index contributed by atoms with van der Waals surface area (Å²) in [6.45, 7) is 1.43. The summed E-state index contributed by atoms with van der Waals surface area (Å²) in [5.74, 6) is 0. The average Bonchev–Trinajstić information content (AvgIpc) is 1.39. The maximum absolute atomic E-state index is 7.32. The molecule has 0 spiro atoms. The Balaban J connectivity index is 0. The monoisotopic (exact) mass is 203 g/mol. The van der Waals surface area contributed by atoms with E-state index in [0.717, 1.165) is 0 Å². The Morgan fingerprint density at radius 1 is 1.67 bits per heavy atom. The SMILES string of the molecule is CC#N.[S]=[Mo]=[S]. The Labute approximate surface area is 52.8 Å². The molecule has 0 unspecified atom stereocenters. The molecule has 0 radical (unpaired) electrons. The maximum atomic E-state index is 7.32. The van der Waals surface area contributed by atoms with Gasteiger partial charge in [0.05, 0.1) is 6.07 Å². The fourth-order valence-corrected chi connectivity index (χ4v) is 0. The van der Waals surface area contributed by atoms with Gasteiger partial charge in [-0.1, -0.05) is 0 Å². The van der Waals surface area contributed by atoms with E-state index in [2.05, 4.69) is 19.6 Å². The van der Waals surface area contributed by atoms with Gasteiger partial charge in [-0.25, -0.2) is 0 Å². The van der Waals surface area contributed by atoms with Gasteiger partial charge in [-0.2, -0.15) is 5.26 Å². The first-order valence-corrected chi connectivity index (χ1v) is 6.64. The van der Waals surface area contributed by atoms with Gasteiger partial charge >= 0.3 is 34.6 Å². The summed E-state index contributed by atoms with van der Waals surface area (Å²) >= 11 is -0.363. The summed E-state index contributed by atoms with van der Waals surface area (Å²) in [4.78, 5) is 0. The number of rotatable bonds is 0. The Hall–Kier alpha value is 0.618. The average molecular weight is 201 g/mol.